The van der Waals surface area contributed by atoms with Crippen molar-refractivity contribution < 1.29 is 19.1 Å². The van der Waals surface area contributed by atoms with Gasteiger partial charge < -0.3 is 14.9 Å². The first kappa shape index (κ1) is 10.6. The van der Waals surface area contributed by atoms with E-state index in [0.29, 0.717) is 6.42 Å². The van der Waals surface area contributed by atoms with Crippen molar-refractivity contribution in [3.63, 3.8) is 0 Å². The number of hydrogen-bond acceptors (Lipinski definition) is 5. The highest BCUT2D eigenvalue weighted by Crippen LogP contribution is 1.85. The zero-order chi connectivity index (χ0) is 9.40. The van der Waals surface area contributed by atoms with E-state index >= 15 is 0 Å². The molecule has 0 saturated carbocycles. The Morgan fingerprint density at radius 3 is 2.42 bits per heavy atom. The Balaban J connectivity index is 3.57. The lowest BCUT2D eigenvalue weighted by Crippen LogP contribution is -2.20. The number of carbonyl (C=O) groups excluding carboxylic acids is 2. The quantitative estimate of drug-likeness (QED) is 0.284. The average molecular weight is 173 g/mol. The second kappa shape index (κ2) is 6.33. The van der Waals surface area contributed by atoms with Gasteiger partial charge >= 0.3 is 11.9 Å². The summed E-state index contributed by atoms with van der Waals surface area (Å²) in [4.78, 5) is 21.2. The van der Waals surface area contributed by atoms with Crippen molar-refractivity contribution in [2.45, 2.75) is 13.3 Å². The standard InChI is InChI=1S/C7H11NO4/c1-2-11-6(9)7(10)12-5-3-4-8/h4,8H,2-3,5H2,1H3. The summed E-state index contributed by atoms with van der Waals surface area (Å²) in [7, 11) is 0. The molecule has 0 aliphatic carbocycles. The highest BCUT2D eigenvalue weighted by atomic mass is 16.6. The van der Waals surface area contributed by atoms with Crippen molar-refractivity contribution >= 4 is 18.2 Å². The predicted molar refractivity (Wildman–Crippen MR) is 41.0 cm³/mol. The topological polar surface area (TPSA) is 76.5 Å². The van der Waals surface area contributed by atoms with Gasteiger partial charge in [-0.05, 0) is 13.1 Å². The molecule has 1 N–H and O–H groups in total. The van der Waals surface area contributed by atoms with Gasteiger partial charge in [-0.2, -0.15) is 0 Å². The monoisotopic (exact) mass is 173 g/mol. The van der Waals surface area contributed by atoms with Crippen molar-refractivity contribution in [1.82, 2.24) is 0 Å². The summed E-state index contributed by atoms with van der Waals surface area (Å²) in [6.07, 6.45) is 1.41. The summed E-state index contributed by atoms with van der Waals surface area (Å²) in [6, 6.07) is 0. The molecule has 0 aliphatic rings. The van der Waals surface area contributed by atoms with Gasteiger partial charge in [0, 0.05) is 6.42 Å². The molecule has 0 heterocycles. The Morgan fingerprint density at radius 2 is 1.92 bits per heavy atom. The Morgan fingerprint density at radius 1 is 1.33 bits per heavy atom. The lowest BCUT2D eigenvalue weighted by molar-refractivity contribution is -0.167. The minimum atomic E-state index is -1.00. The molecule has 0 aromatic rings. The van der Waals surface area contributed by atoms with Crippen LogP contribution in [0.25, 0.3) is 0 Å². The molecule has 0 fully saturated rings. The number of ether oxygens (including phenoxy) is 2. The fourth-order valence-electron chi connectivity index (χ4n) is 0.459. The van der Waals surface area contributed by atoms with Crippen LogP contribution in [0.2, 0.25) is 0 Å². The summed E-state index contributed by atoms with van der Waals surface area (Å²) < 4.78 is 8.80. The summed E-state index contributed by atoms with van der Waals surface area (Å²) in [5.41, 5.74) is 0. The van der Waals surface area contributed by atoms with E-state index in [1.807, 2.05) is 0 Å². The third-order valence-electron chi connectivity index (χ3n) is 0.937. The largest absolute Gasteiger partial charge is 0.458 e. The molecule has 5 heteroatoms. The molecule has 0 aromatic carbocycles. The van der Waals surface area contributed by atoms with Gasteiger partial charge in [-0.3, -0.25) is 0 Å². The predicted octanol–water partition coefficient (Wildman–Crippen LogP) is 0.132. The van der Waals surface area contributed by atoms with Crippen LogP contribution in [0.1, 0.15) is 13.3 Å². The van der Waals surface area contributed by atoms with Gasteiger partial charge in [0.1, 0.15) is 0 Å². The Labute approximate surface area is 70.2 Å². The third kappa shape index (κ3) is 4.43. The van der Waals surface area contributed by atoms with Gasteiger partial charge in [-0.1, -0.05) is 0 Å². The van der Waals surface area contributed by atoms with Crippen molar-refractivity contribution in [3.8, 4) is 0 Å². The molecule has 0 radical (unpaired) electrons. The number of rotatable bonds is 4. The van der Waals surface area contributed by atoms with Crippen LogP contribution in [0, 0.1) is 5.41 Å². The molecule has 0 rings (SSSR count). The molecule has 0 saturated heterocycles. The van der Waals surface area contributed by atoms with E-state index in [2.05, 4.69) is 9.47 Å². The molecule has 0 amide bonds. The fourth-order valence-corrected chi connectivity index (χ4v) is 0.459. The first-order valence-corrected chi connectivity index (χ1v) is 3.55. The van der Waals surface area contributed by atoms with Crippen molar-refractivity contribution in [2.24, 2.45) is 0 Å². The van der Waals surface area contributed by atoms with Crippen LogP contribution in [0.15, 0.2) is 0 Å². The van der Waals surface area contributed by atoms with E-state index in [0.717, 1.165) is 6.21 Å². The maximum Gasteiger partial charge on any atom is 0.417 e. The molecule has 0 bridgehead atoms. The zero-order valence-electron chi connectivity index (χ0n) is 6.83. The first-order chi connectivity index (χ1) is 5.72. The number of carbonyl (C=O) groups is 2. The second-order valence-corrected chi connectivity index (χ2v) is 1.85. The van der Waals surface area contributed by atoms with E-state index in [4.69, 9.17) is 5.41 Å². The fraction of sp³-hybridized carbons (Fsp3) is 0.571. The zero-order valence-corrected chi connectivity index (χ0v) is 6.83. The van der Waals surface area contributed by atoms with Gasteiger partial charge in [0.25, 0.3) is 0 Å². The lowest BCUT2D eigenvalue weighted by atomic mass is 10.5. The van der Waals surface area contributed by atoms with Crippen LogP contribution >= 0.6 is 0 Å². The highest BCUT2D eigenvalue weighted by molar-refractivity contribution is 6.29. The van der Waals surface area contributed by atoms with Gasteiger partial charge in [-0.25, -0.2) is 9.59 Å². The number of nitrogens with one attached hydrogen (secondary N) is 1. The molecular weight excluding hydrogens is 162 g/mol. The van der Waals surface area contributed by atoms with Crippen LogP contribution in [-0.4, -0.2) is 31.4 Å². The Kier molecular flexibility index (Phi) is 5.60. The highest BCUT2D eigenvalue weighted by Gasteiger charge is 2.15. The molecule has 12 heavy (non-hydrogen) atoms. The smallest absolute Gasteiger partial charge is 0.417 e. The lowest BCUT2D eigenvalue weighted by Gasteiger charge is -2.01. The van der Waals surface area contributed by atoms with Gasteiger partial charge in [0.15, 0.2) is 0 Å². The van der Waals surface area contributed by atoms with Crippen LogP contribution in [0.5, 0.6) is 0 Å². The SMILES string of the molecule is CCOC(=O)C(=O)OCCC=N. The molecular formula is C7H11NO4. The van der Waals surface area contributed by atoms with Crippen LogP contribution in [-0.2, 0) is 19.1 Å². The van der Waals surface area contributed by atoms with Gasteiger partial charge in [-0.15, -0.1) is 0 Å². The molecule has 0 unspecified atom stereocenters. The van der Waals surface area contributed by atoms with E-state index in [1.54, 1.807) is 6.92 Å². The summed E-state index contributed by atoms with van der Waals surface area (Å²) in [5.74, 6) is -1.99. The molecule has 0 spiro atoms. The van der Waals surface area contributed by atoms with Crippen molar-refractivity contribution in [2.75, 3.05) is 13.2 Å². The summed E-state index contributed by atoms with van der Waals surface area (Å²) in [6.45, 7) is 1.79. The molecule has 0 aliphatic heterocycles. The normalized spacial score (nSPS) is 8.75. The minimum Gasteiger partial charge on any atom is -0.458 e. The van der Waals surface area contributed by atoms with Crippen LogP contribution in [0.4, 0.5) is 0 Å². The van der Waals surface area contributed by atoms with E-state index in [9.17, 15) is 9.59 Å². The number of hydrogen-bond donors (Lipinski definition) is 1. The summed E-state index contributed by atoms with van der Waals surface area (Å²) in [5, 5.41) is 6.60. The second-order valence-electron chi connectivity index (χ2n) is 1.85. The van der Waals surface area contributed by atoms with Gasteiger partial charge in [0.2, 0.25) is 0 Å². The molecule has 0 aromatic heterocycles. The molecule has 68 valence electrons. The van der Waals surface area contributed by atoms with Crippen LogP contribution < -0.4 is 0 Å². The first-order valence-electron chi connectivity index (χ1n) is 3.55. The van der Waals surface area contributed by atoms with E-state index < -0.39 is 11.9 Å². The van der Waals surface area contributed by atoms with Crippen molar-refractivity contribution in [3.05, 3.63) is 0 Å². The number of esters is 2. The van der Waals surface area contributed by atoms with Crippen molar-refractivity contribution in [1.29, 1.82) is 5.41 Å². The Bertz CT molecular complexity index is 178. The Hall–Kier alpha value is -1.39. The molecule has 5 nitrogen and oxygen atoms in total. The van der Waals surface area contributed by atoms with E-state index in [-0.39, 0.29) is 13.2 Å². The average Bonchev–Trinajstić information content (AvgIpc) is 2.05. The molecule has 0 atom stereocenters. The minimum absolute atomic E-state index is 0.0428. The van der Waals surface area contributed by atoms with Gasteiger partial charge in [0.05, 0.1) is 13.2 Å². The summed E-state index contributed by atoms with van der Waals surface area (Å²) >= 11 is 0. The maximum absolute atomic E-state index is 10.6. The third-order valence-corrected chi connectivity index (χ3v) is 0.937. The van der Waals surface area contributed by atoms with Crippen LogP contribution in [0.3, 0.4) is 0 Å². The maximum atomic E-state index is 10.6. The van der Waals surface area contributed by atoms with E-state index in [1.165, 1.54) is 0 Å².